The molecule has 1 aromatic carbocycles. The van der Waals surface area contributed by atoms with Gasteiger partial charge < -0.3 is 5.32 Å². The topological polar surface area (TPSA) is 15.3 Å². The third kappa shape index (κ3) is 3.08. The molecule has 0 spiro atoms. The van der Waals surface area contributed by atoms with Crippen LogP contribution in [0.1, 0.15) is 18.0 Å². The Labute approximate surface area is 114 Å². The lowest BCUT2D eigenvalue weighted by atomic mass is 10.0. The zero-order valence-electron chi connectivity index (χ0n) is 10.1. The zero-order chi connectivity index (χ0) is 13.0. The van der Waals surface area contributed by atoms with Gasteiger partial charge in [-0.2, -0.15) is 0 Å². The van der Waals surface area contributed by atoms with E-state index in [1.165, 1.54) is 6.07 Å². The molecule has 0 aromatic heterocycles. The minimum atomic E-state index is -0.435. The summed E-state index contributed by atoms with van der Waals surface area (Å²) in [6.07, 6.45) is 0.333. The van der Waals surface area contributed by atoms with Gasteiger partial charge in [0.05, 0.1) is 6.67 Å². The first-order valence-corrected chi connectivity index (χ1v) is 6.98. The molecule has 1 fully saturated rings. The van der Waals surface area contributed by atoms with Crippen LogP contribution in [0, 0.1) is 5.82 Å². The molecule has 2 rings (SSSR count). The summed E-state index contributed by atoms with van der Waals surface area (Å²) in [6.45, 7) is 2.95. The maximum atomic E-state index is 14.0. The Morgan fingerprint density at radius 2 is 2.06 bits per heavy atom. The standard InChI is InChI=1S/C13H17BrF2N2/c14-10-2-1-3-11(16)13(10)12(4-5-15)18-8-6-17-7-9-18/h1-3,12,17H,4-9H2/t12-/m1/s1. The summed E-state index contributed by atoms with van der Waals surface area (Å²) in [7, 11) is 0. The van der Waals surface area contributed by atoms with Gasteiger partial charge in [0.1, 0.15) is 5.82 Å². The highest BCUT2D eigenvalue weighted by Crippen LogP contribution is 2.32. The van der Waals surface area contributed by atoms with Crippen molar-refractivity contribution >= 4 is 15.9 Å². The van der Waals surface area contributed by atoms with Gasteiger partial charge in [-0.1, -0.05) is 22.0 Å². The van der Waals surface area contributed by atoms with Crippen molar-refractivity contribution in [2.24, 2.45) is 0 Å². The van der Waals surface area contributed by atoms with E-state index in [1.807, 2.05) is 6.07 Å². The Morgan fingerprint density at radius 3 is 2.67 bits per heavy atom. The van der Waals surface area contributed by atoms with E-state index >= 15 is 0 Å². The van der Waals surface area contributed by atoms with Gasteiger partial charge in [-0.15, -0.1) is 0 Å². The molecule has 0 aliphatic carbocycles. The van der Waals surface area contributed by atoms with Gasteiger partial charge >= 0.3 is 0 Å². The Kier molecular flexibility index (Phi) is 5.09. The highest BCUT2D eigenvalue weighted by Gasteiger charge is 2.26. The van der Waals surface area contributed by atoms with Crippen LogP contribution in [0.3, 0.4) is 0 Å². The van der Waals surface area contributed by atoms with Crippen LogP contribution in [-0.4, -0.2) is 37.8 Å². The number of alkyl halides is 1. The molecule has 1 saturated heterocycles. The highest BCUT2D eigenvalue weighted by molar-refractivity contribution is 9.10. The first-order chi connectivity index (χ1) is 8.74. The Morgan fingerprint density at radius 1 is 1.33 bits per heavy atom. The summed E-state index contributed by atoms with van der Waals surface area (Å²) in [4.78, 5) is 2.15. The summed E-state index contributed by atoms with van der Waals surface area (Å²) in [5.41, 5.74) is 0.581. The molecule has 1 aromatic rings. The predicted octanol–water partition coefficient (Wildman–Crippen LogP) is 2.89. The fourth-order valence-corrected chi connectivity index (χ4v) is 3.04. The second kappa shape index (κ2) is 6.59. The van der Waals surface area contributed by atoms with Crippen molar-refractivity contribution in [2.75, 3.05) is 32.9 Å². The third-order valence-corrected chi connectivity index (χ3v) is 4.00. The van der Waals surface area contributed by atoms with E-state index in [4.69, 9.17) is 0 Å². The van der Waals surface area contributed by atoms with Gasteiger partial charge in [-0.05, 0) is 18.6 Å². The van der Waals surface area contributed by atoms with Crippen molar-refractivity contribution in [2.45, 2.75) is 12.5 Å². The van der Waals surface area contributed by atoms with E-state index in [2.05, 4.69) is 26.1 Å². The SMILES string of the molecule is FCC[C@H](c1c(F)cccc1Br)N1CCNCC1. The van der Waals surface area contributed by atoms with Crippen molar-refractivity contribution in [3.8, 4) is 0 Å². The lowest BCUT2D eigenvalue weighted by Crippen LogP contribution is -2.45. The minimum Gasteiger partial charge on any atom is -0.314 e. The third-order valence-electron chi connectivity index (χ3n) is 3.31. The van der Waals surface area contributed by atoms with Crippen LogP contribution in [0.25, 0.3) is 0 Å². The van der Waals surface area contributed by atoms with Gasteiger partial charge in [0.25, 0.3) is 0 Å². The van der Waals surface area contributed by atoms with E-state index in [1.54, 1.807) is 6.07 Å². The van der Waals surface area contributed by atoms with Gasteiger partial charge in [0.15, 0.2) is 0 Å². The average Bonchev–Trinajstić information content (AvgIpc) is 2.38. The van der Waals surface area contributed by atoms with Crippen molar-refractivity contribution in [3.05, 3.63) is 34.1 Å². The smallest absolute Gasteiger partial charge is 0.129 e. The van der Waals surface area contributed by atoms with Crippen molar-refractivity contribution in [1.82, 2.24) is 10.2 Å². The Bertz CT molecular complexity index is 374. The van der Waals surface area contributed by atoms with Crippen LogP contribution in [0.4, 0.5) is 8.78 Å². The fourth-order valence-electron chi connectivity index (χ4n) is 2.44. The summed E-state index contributed by atoms with van der Waals surface area (Å²) in [6, 6.07) is 4.72. The summed E-state index contributed by atoms with van der Waals surface area (Å²) >= 11 is 3.38. The van der Waals surface area contributed by atoms with Crippen molar-refractivity contribution in [3.63, 3.8) is 0 Å². The van der Waals surface area contributed by atoms with Crippen LogP contribution in [-0.2, 0) is 0 Å². The van der Waals surface area contributed by atoms with E-state index in [0.717, 1.165) is 30.7 Å². The predicted molar refractivity (Wildman–Crippen MR) is 71.9 cm³/mol. The second-order valence-electron chi connectivity index (χ2n) is 4.41. The number of rotatable bonds is 4. The van der Waals surface area contributed by atoms with Gasteiger partial charge in [0, 0.05) is 42.3 Å². The molecule has 0 unspecified atom stereocenters. The first kappa shape index (κ1) is 13.9. The van der Waals surface area contributed by atoms with Crippen molar-refractivity contribution in [1.29, 1.82) is 0 Å². The average molecular weight is 319 g/mol. The van der Waals surface area contributed by atoms with E-state index < -0.39 is 6.67 Å². The molecule has 0 amide bonds. The second-order valence-corrected chi connectivity index (χ2v) is 5.27. The van der Waals surface area contributed by atoms with Crippen LogP contribution in [0.2, 0.25) is 0 Å². The molecule has 5 heteroatoms. The van der Waals surface area contributed by atoms with Crippen LogP contribution in [0.15, 0.2) is 22.7 Å². The van der Waals surface area contributed by atoms with Gasteiger partial charge in [0.2, 0.25) is 0 Å². The number of benzene rings is 1. The summed E-state index contributed by atoms with van der Waals surface area (Å²) in [5.74, 6) is -0.263. The van der Waals surface area contributed by atoms with Gasteiger partial charge in [-0.3, -0.25) is 9.29 Å². The van der Waals surface area contributed by atoms with E-state index in [-0.39, 0.29) is 11.9 Å². The normalized spacial score (nSPS) is 18.8. The Balaban J connectivity index is 2.28. The number of nitrogens with one attached hydrogen (secondary N) is 1. The maximum absolute atomic E-state index is 14.0. The molecule has 1 N–H and O–H groups in total. The molecule has 1 heterocycles. The molecular weight excluding hydrogens is 302 g/mol. The van der Waals surface area contributed by atoms with Crippen LogP contribution in [0.5, 0.6) is 0 Å². The van der Waals surface area contributed by atoms with Crippen molar-refractivity contribution < 1.29 is 8.78 Å². The Hall–Kier alpha value is -0.520. The molecule has 0 bridgehead atoms. The van der Waals surface area contributed by atoms with E-state index in [0.29, 0.717) is 12.0 Å². The molecule has 18 heavy (non-hydrogen) atoms. The highest BCUT2D eigenvalue weighted by atomic mass is 79.9. The molecule has 1 aliphatic heterocycles. The lowest BCUT2D eigenvalue weighted by molar-refractivity contribution is 0.154. The molecule has 1 atom stereocenters. The molecule has 0 radical (unpaired) electrons. The zero-order valence-corrected chi connectivity index (χ0v) is 11.7. The van der Waals surface area contributed by atoms with Crippen LogP contribution < -0.4 is 5.32 Å². The number of hydrogen-bond acceptors (Lipinski definition) is 2. The minimum absolute atomic E-state index is 0.187. The van der Waals surface area contributed by atoms with E-state index in [9.17, 15) is 8.78 Å². The molecular formula is C13H17BrF2N2. The molecule has 2 nitrogen and oxygen atoms in total. The lowest BCUT2D eigenvalue weighted by Gasteiger charge is -2.35. The molecule has 100 valence electrons. The summed E-state index contributed by atoms with van der Waals surface area (Å²) < 4.78 is 27.5. The number of hydrogen-bond donors (Lipinski definition) is 1. The summed E-state index contributed by atoms with van der Waals surface area (Å²) in [5, 5.41) is 3.25. The quantitative estimate of drug-likeness (QED) is 0.918. The van der Waals surface area contributed by atoms with Gasteiger partial charge in [-0.25, -0.2) is 4.39 Å². The van der Waals surface area contributed by atoms with Crippen LogP contribution >= 0.6 is 15.9 Å². The maximum Gasteiger partial charge on any atom is 0.129 e. The number of nitrogens with zero attached hydrogens (tertiary/aromatic N) is 1. The first-order valence-electron chi connectivity index (χ1n) is 6.18. The number of halogens is 3. The molecule has 1 aliphatic rings. The fraction of sp³-hybridized carbons (Fsp3) is 0.538. The molecule has 0 saturated carbocycles. The number of piperazine rings is 1. The largest absolute Gasteiger partial charge is 0.314 e. The monoisotopic (exact) mass is 318 g/mol.